The average molecular weight is 534 g/mol. The number of hydrogen-bond donors (Lipinski definition) is 2. The van der Waals surface area contributed by atoms with Crippen molar-refractivity contribution < 1.29 is 23.2 Å². The molecule has 10 heteroatoms. The second kappa shape index (κ2) is 9.19. The van der Waals surface area contributed by atoms with E-state index >= 15 is 0 Å². The lowest BCUT2D eigenvalue weighted by atomic mass is 9.80. The average Bonchev–Trinajstić information content (AvgIpc) is 3.55. The molecule has 2 N–H and O–H groups in total. The lowest BCUT2D eigenvalue weighted by Crippen LogP contribution is -2.52. The molecule has 2 aliphatic rings. The first kappa shape index (κ1) is 26.4. The van der Waals surface area contributed by atoms with Gasteiger partial charge in [0.05, 0.1) is 17.0 Å². The third-order valence-electron chi connectivity index (χ3n) is 7.68. The van der Waals surface area contributed by atoms with Gasteiger partial charge in [0.15, 0.2) is 0 Å². The number of carbonyl (C=O) groups excluding carboxylic acids is 3. The number of amides is 3. The highest BCUT2D eigenvalue weighted by atomic mass is 19.1. The van der Waals surface area contributed by atoms with Gasteiger partial charge in [-0.15, -0.1) is 0 Å². The van der Waals surface area contributed by atoms with Crippen LogP contribution in [0, 0.1) is 28.4 Å². The molecule has 3 heterocycles. The second-order valence-corrected chi connectivity index (χ2v) is 11.6. The van der Waals surface area contributed by atoms with E-state index in [0.717, 1.165) is 17.7 Å². The van der Waals surface area contributed by atoms with Crippen molar-refractivity contribution in [2.75, 3.05) is 18.9 Å². The van der Waals surface area contributed by atoms with Gasteiger partial charge in [0.1, 0.15) is 29.4 Å². The van der Waals surface area contributed by atoms with E-state index in [-0.39, 0.29) is 47.3 Å². The van der Waals surface area contributed by atoms with E-state index in [1.165, 1.54) is 22.9 Å². The van der Waals surface area contributed by atoms with Gasteiger partial charge in [0.2, 0.25) is 11.8 Å². The third kappa shape index (κ3) is 4.42. The zero-order chi connectivity index (χ0) is 28.3. The standard InChI is InChI=1S/C29H29F2N5O3/c1-28(2,3)13-24(35(4)25(37)23-11-18-20(31)9-16(30)10-22(18)33-23)26(38)36-15-29(12-17(36)14-32)19-7-5-6-8-21(19)34-27(29)39/h5-11,17,24,33H,12-13,15H2,1-4H3,(H,34,39)/t17-,24?,29-/m0/s1. The van der Waals surface area contributed by atoms with Crippen molar-refractivity contribution >= 4 is 34.3 Å². The fourth-order valence-electron chi connectivity index (χ4n) is 5.75. The molecule has 1 fully saturated rings. The molecule has 0 aliphatic carbocycles. The van der Waals surface area contributed by atoms with Crippen LogP contribution < -0.4 is 5.32 Å². The Bertz CT molecular complexity index is 1550. The Morgan fingerprint density at radius 1 is 1.23 bits per heavy atom. The summed E-state index contributed by atoms with van der Waals surface area (Å²) < 4.78 is 28.0. The summed E-state index contributed by atoms with van der Waals surface area (Å²) in [6, 6.07) is 10.7. The maximum atomic E-state index is 14.3. The van der Waals surface area contributed by atoms with E-state index in [1.807, 2.05) is 39.0 Å². The van der Waals surface area contributed by atoms with E-state index in [4.69, 9.17) is 0 Å². The summed E-state index contributed by atoms with van der Waals surface area (Å²) in [4.78, 5) is 46.3. The monoisotopic (exact) mass is 533 g/mol. The lowest BCUT2D eigenvalue weighted by Gasteiger charge is -2.35. The Hall–Kier alpha value is -4.26. The largest absolute Gasteiger partial charge is 0.350 e. The van der Waals surface area contributed by atoms with Crippen molar-refractivity contribution in [2.45, 2.75) is 51.1 Å². The van der Waals surface area contributed by atoms with Gasteiger partial charge in [0.25, 0.3) is 5.91 Å². The number of fused-ring (bicyclic) bond motifs is 3. The van der Waals surface area contributed by atoms with Gasteiger partial charge in [-0.3, -0.25) is 14.4 Å². The molecule has 3 amide bonds. The number of likely N-dealkylation sites (tertiary alicyclic amines) is 1. The molecule has 0 radical (unpaired) electrons. The Kier molecular flexibility index (Phi) is 6.21. The first-order chi connectivity index (χ1) is 18.3. The van der Waals surface area contributed by atoms with Crippen LogP contribution in [0.5, 0.6) is 0 Å². The quantitative estimate of drug-likeness (QED) is 0.520. The Labute approximate surface area is 224 Å². The molecule has 1 spiro atoms. The zero-order valence-corrected chi connectivity index (χ0v) is 22.1. The van der Waals surface area contributed by atoms with Crippen LogP contribution in [0.1, 0.15) is 49.7 Å². The van der Waals surface area contributed by atoms with E-state index in [0.29, 0.717) is 5.69 Å². The highest BCUT2D eigenvalue weighted by Crippen LogP contribution is 2.46. The SMILES string of the molecule is CN(C(=O)c1cc2c(F)cc(F)cc2[nH]1)C(CC(C)(C)C)C(=O)N1C[C@]2(C[C@H]1C#N)C(=O)Nc1ccccc12. The minimum Gasteiger partial charge on any atom is -0.350 e. The number of anilines is 1. The third-order valence-corrected chi connectivity index (χ3v) is 7.68. The molecule has 1 unspecified atom stereocenters. The number of likely N-dealkylation sites (N-methyl/N-ethyl adjacent to an activating group) is 1. The van der Waals surface area contributed by atoms with E-state index < -0.39 is 40.9 Å². The molecule has 0 bridgehead atoms. The van der Waals surface area contributed by atoms with Crippen LogP contribution in [0.4, 0.5) is 14.5 Å². The van der Waals surface area contributed by atoms with Crippen molar-refractivity contribution in [3.63, 3.8) is 0 Å². The number of halogens is 2. The minimum atomic E-state index is -1.06. The van der Waals surface area contributed by atoms with Crippen LogP contribution >= 0.6 is 0 Å². The zero-order valence-electron chi connectivity index (χ0n) is 22.1. The van der Waals surface area contributed by atoms with Crippen molar-refractivity contribution in [1.82, 2.24) is 14.8 Å². The molecule has 3 atom stereocenters. The van der Waals surface area contributed by atoms with Gasteiger partial charge in [-0.1, -0.05) is 39.0 Å². The minimum absolute atomic E-state index is 0.00235. The summed E-state index contributed by atoms with van der Waals surface area (Å²) >= 11 is 0. The number of carbonyl (C=O) groups is 3. The number of nitrogens with one attached hydrogen (secondary N) is 2. The van der Waals surface area contributed by atoms with Gasteiger partial charge < -0.3 is 20.1 Å². The number of benzene rings is 2. The number of para-hydroxylation sites is 1. The van der Waals surface area contributed by atoms with E-state index in [1.54, 1.807) is 6.07 Å². The summed E-state index contributed by atoms with van der Waals surface area (Å²) in [6.45, 7) is 5.80. The molecule has 0 saturated carbocycles. The smallest absolute Gasteiger partial charge is 0.270 e. The van der Waals surface area contributed by atoms with Gasteiger partial charge in [-0.05, 0) is 35.6 Å². The number of nitrogens with zero attached hydrogens (tertiary/aromatic N) is 3. The van der Waals surface area contributed by atoms with Crippen LogP contribution in [0.25, 0.3) is 10.9 Å². The molecule has 2 aliphatic heterocycles. The first-order valence-electron chi connectivity index (χ1n) is 12.7. The fraction of sp³-hybridized carbons (Fsp3) is 0.379. The van der Waals surface area contributed by atoms with Crippen molar-refractivity contribution in [1.29, 1.82) is 5.26 Å². The predicted octanol–water partition coefficient (Wildman–Crippen LogP) is 4.34. The number of aromatic amines is 1. The van der Waals surface area contributed by atoms with Gasteiger partial charge in [0, 0.05) is 37.2 Å². The summed E-state index contributed by atoms with van der Waals surface area (Å²) in [5.41, 5.74) is 0.0912. The van der Waals surface area contributed by atoms with Crippen LogP contribution in [0.3, 0.4) is 0 Å². The Morgan fingerprint density at radius 3 is 2.64 bits per heavy atom. The van der Waals surface area contributed by atoms with Crippen LogP contribution in [0.15, 0.2) is 42.5 Å². The molecule has 2 aromatic carbocycles. The Morgan fingerprint density at radius 2 is 1.95 bits per heavy atom. The van der Waals surface area contributed by atoms with Crippen LogP contribution in [0.2, 0.25) is 0 Å². The van der Waals surface area contributed by atoms with Crippen molar-refractivity contribution in [2.24, 2.45) is 5.41 Å². The fourth-order valence-corrected chi connectivity index (χ4v) is 5.75. The lowest BCUT2D eigenvalue weighted by molar-refractivity contribution is -0.137. The number of rotatable bonds is 4. The summed E-state index contributed by atoms with van der Waals surface area (Å²) in [5, 5.41) is 12.9. The molecule has 202 valence electrons. The number of aromatic nitrogens is 1. The molecule has 39 heavy (non-hydrogen) atoms. The maximum Gasteiger partial charge on any atom is 0.270 e. The van der Waals surface area contributed by atoms with Crippen molar-refractivity contribution in [3.05, 3.63) is 65.4 Å². The molecular formula is C29H29F2N5O3. The maximum absolute atomic E-state index is 14.3. The van der Waals surface area contributed by atoms with E-state index in [2.05, 4.69) is 16.4 Å². The van der Waals surface area contributed by atoms with Gasteiger partial charge in [-0.2, -0.15) is 5.26 Å². The summed E-state index contributed by atoms with van der Waals surface area (Å²) in [7, 11) is 1.48. The number of nitriles is 1. The molecule has 3 aromatic rings. The molecule has 5 rings (SSSR count). The number of H-pyrrole nitrogens is 1. The molecule has 8 nitrogen and oxygen atoms in total. The summed E-state index contributed by atoms with van der Waals surface area (Å²) in [5.74, 6) is -2.88. The first-order valence-corrected chi connectivity index (χ1v) is 12.7. The van der Waals surface area contributed by atoms with Crippen molar-refractivity contribution in [3.8, 4) is 6.07 Å². The molecule has 1 aromatic heterocycles. The van der Waals surface area contributed by atoms with Gasteiger partial charge >= 0.3 is 0 Å². The molecule has 1 saturated heterocycles. The van der Waals surface area contributed by atoms with Gasteiger partial charge in [-0.25, -0.2) is 8.78 Å². The summed E-state index contributed by atoms with van der Waals surface area (Å²) in [6.07, 6.45) is 0.409. The predicted molar refractivity (Wildman–Crippen MR) is 141 cm³/mol. The van der Waals surface area contributed by atoms with Crippen LogP contribution in [-0.4, -0.2) is 58.2 Å². The van der Waals surface area contributed by atoms with E-state index in [9.17, 15) is 28.4 Å². The highest BCUT2D eigenvalue weighted by molar-refractivity contribution is 6.07. The Balaban J connectivity index is 1.49. The van der Waals surface area contributed by atoms with Crippen LogP contribution in [-0.2, 0) is 15.0 Å². The second-order valence-electron chi connectivity index (χ2n) is 11.6. The normalized spacial score (nSPS) is 21.1. The topological polar surface area (TPSA) is 109 Å². The molecular weight excluding hydrogens is 504 g/mol. The highest BCUT2D eigenvalue weighted by Gasteiger charge is 2.56. The number of hydrogen-bond acceptors (Lipinski definition) is 4.